The maximum absolute atomic E-state index is 11.9. The number of carbonyl (C=O) groups excluding carboxylic acids is 2. The molecule has 2 amide bonds. The van der Waals surface area contributed by atoms with Crippen molar-refractivity contribution in [1.29, 1.82) is 0 Å². The van der Waals surface area contributed by atoms with E-state index in [4.69, 9.17) is 0 Å². The fourth-order valence-corrected chi connectivity index (χ4v) is 1.84. The zero-order chi connectivity index (χ0) is 15.7. The van der Waals surface area contributed by atoms with Crippen molar-refractivity contribution >= 4 is 11.8 Å². The Bertz CT molecular complexity index is 448. The highest BCUT2D eigenvalue weighted by atomic mass is 16.2. The molecule has 0 radical (unpaired) electrons. The molecule has 0 fully saturated rings. The van der Waals surface area contributed by atoms with Gasteiger partial charge >= 0.3 is 0 Å². The standard InChI is InChI=1S/C15H24N4O2/c1-13(20)19(11-14-6-4-7-16-10-14)12-15(21)17-8-5-9-18(2)3/h4,6-7,10H,5,8-9,11-12H2,1-3H3,(H,17,21). The topological polar surface area (TPSA) is 65.5 Å². The molecule has 6 heteroatoms. The van der Waals surface area contributed by atoms with Crippen molar-refractivity contribution in [3.8, 4) is 0 Å². The quantitative estimate of drug-likeness (QED) is 0.709. The molecule has 1 rings (SSSR count). The van der Waals surface area contributed by atoms with E-state index >= 15 is 0 Å². The Morgan fingerprint density at radius 3 is 2.67 bits per heavy atom. The molecule has 0 spiro atoms. The summed E-state index contributed by atoms with van der Waals surface area (Å²) in [6, 6.07) is 3.70. The van der Waals surface area contributed by atoms with Crippen LogP contribution in [-0.2, 0) is 16.1 Å². The molecule has 116 valence electrons. The molecule has 0 atom stereocenters. The predicted octanol–water partition coefficient (Wildman–Crippen LogP) is 0.498. The first-order chi connectivity index (χ1) is 9.99. The maximum atomic E-state index is 11.9. The Morgan fingerprint density at radius 1 is 1.33 bits per heavy atom. The Morgan fingerprint density at radius 2 is 2.10 bits per heavy atom. The van der Waals surface area contributed by atoms with Crippen LogP contribution in [0.3, 0.4) is 0 Å². The molecule has 0 saturated heterocycles. The highest BCUT2D eigenvalue weighted by molar-refractivity contribution is 5.83. The minimum absolute atomic E-state index is 0.0756. The normalized spacial score (nSPS) is 10.5. The van der Waals surface area contributed by atoms with E-state index in [1.54, 1.807) is 12.4 Å². The van der Waals surface area contributed by atoms with Gasteiger partial charge in [-0.05, 0) is 38.7 Å². The molecule has 1 heterocycles. The molecule has 1 aromatic heterocycles. The number of nitrogens with one attached hydrogen (secondary N) is 1. The van der Waals surface area contributed by atoms with Gasteiger partial charge in [-0.25, -0.2) is 0 Å². The van der Waals surface area contributed by atoms with E-state index in [2.05, 4.69) is 15.2 Å². The first-order valence-corrected chi connectivity index (χ1v) is 7.05. The average Bonchev–Trinajstić information content (AvgIpc) is 2.44. The van der Waals surface area contributed by atoms with Gasteiger partial charge in [0, 0.05) is 32.4 Å². The lowest BCUT2D eigenvalue weighted by molar-refractivity contribution is -0.134. The zero-order valence-electron chi connectivity index (χ0n) is 13.0. The third-order valence-electron chi connectivity index (χ3n) is 2.98. The summed E-state index contributed by atoms with van der Waals surface area (Å²) >= 11 is 0. The second kappa shape index (κ2) is 9.07. The molecule has 1 N–H and O–H groups in total. The number of rotatable bonds is 8. The summed E-state index contributed by atoms with van der Waals surface area (Å²) in [5.74, 6) is -0.254. The van der Waals surface area contributed by atoms with Gasteiger partial charge in [-0.2, -0.15) is 0 Å². The first-order valence-electron chi connectivity index (χ1n) is 7.05. The number of aromatic nitrogens is 1. The SMILES string of the molecule is CC(=O)N(CC(=O)NCCCN(C)C)Cc1cccnc1. The Balaban J connectivity index is 2.40. The van der Waals surface area contributed by atoms with Crippen molar-refractivity contribution in [1.82, 2.24) is 20.1 Å². The fourth-order valence-electron chi connectivity index (χ4n) is 1.84. The molecule has 21 heavy (non-hydrogen) atoms. The van der Waals surface area contributed by atoms with E-state index in [1.807, 2.05) is 26.2 Å². The van der Waals surface area contributed by atoms with E-state index in [1.165, 1.54) is 11.8 Å². The summed E-state index contributed by atoms with van der Waals surface area (Å²) in [6.45, 7) is 3.48. The van der Waals surface area contributed by atoms with Gasteiger partial charge in [-0.3, -0.25) is 14.6 Å². The third kappa shape index (κ3) is 7.41. The van der Waals surface area contributed by atoms with Gasteiger partial charge in [-0.15, -0.1) is 0 Å². The molecule has 1 aromatic rings. The maximum Gasteiger partial charge on any atom is 0.239 e. The van der Waals surface area contributed by atoms with Crippen molar-refractivity contribution in [3.63, 3.8) is 0 Å². The van der Waals surface area contributed by atoms with E-state index in [0.717, 1.165) is 18.5 Å². The Kier molecular flexibility index (Phi) is 7.39. The van der Waals surface area contributed by atoms with E-state index in [0.29, 0.717) is 13.1 Å². The third-order valence-corrected chi connectivity index (χ3v) is 2.98. The molecule has 0 aromatic carbocycles. The Hall–Kier alpha value is -1.95. The van der Waals surface area contributed by atoms with Crippen LogP contribution >= 0.6 is 0 Å². The number of nitrogens with zero attached hydrogens (tertiary/aromatic N) is 3. The van der Waals surface area contributed by atoms with Crippen LogP contribution < -0.4 is 5.32 Å². The van der Waals surface area contributed by atoms with Crippen molar-refractivity contribution in [2.75, 3.05) is 33.7 Å². The fraction of sp³-hybridized carbons (Fsp3) is 0.533. The minimum atomic E-state index is -0.132. The number of hydrogen-bond donors (Lipinski definition) is 1. The van der Waals surface area contributed by atoms with Gasteiger partial charge in [0.25, 0.3) is 0 Å². The molecule has 0 bridgehead atoms. The summed E-state index contributed by atoms with van der Waals surface area (Å²) < 4.78 is 0. The second-order valence-electron chi connectivity index (χ2n) is 5.24. The van der Waals surface area contributed by atoms with Gasteiger partial charge in [0.1, 0.15) is 0 Å². The molecular weight excluding hydrogens is 268 g/mol. The molecule has 0 aliphatic rings. The van der Waals surface area contributed by atoms with Crippen molar-refractivity contribution in [2.45, 2.75) is 19.9 Å². The van der Waals surface area contributed by atoms with E-state index in [9.17, 15) is 9.59 Å². The number of hydrogen-bond acceptors (Lipinski definition) is 4. The smallest absolute Gasteiger partial charge is 0.239 e. The van der Waals surface area contributed by atoms with Crippen LogP contribution in [0.15, 0.2) is 24.5 Å². The largest absolute Gasteiger partial charge is 0.355 e. The molecular formula is C15H24N4O2. The van der Waals surface area contributed by atoms with Gasteiger partial charge in [-0.1, -0.05) is 6.07 Å². The van der Waals surface area contributed by atoms with Crippen molar-refractivity contribution in [3.05, 3.63) is 30.1 Å². The second-order valence-corrected chi connectivity index (χ2v) is 5.24. The summed E-state index contributed by atoms with van der Waals surface area (Å²) in [5.41, 5.74) is 0.910. The lowest BCUT2D eigenvalue weighted by atomic mass is 10.2. The molecule has 6 nitrogen and oxygen atoms in total. The zero-order valence-corrected chi connectivity index (χ0v) is 13.0. The van der Waals surface area contributed by atoms with Crippen LogP contribution in [0.25, 0.3) is 0 Å². The Labute approximate surface area is 126 Å². The van der Waals surface area contributed by atoms with E-state index < -0.39 is 0 Å². The molecule has 0 aliphatic carbocycles. The van der Waals surface area contributed by atoms with Gasteiger partial charge < -0.3 is 15.1 Å². The number of pyridine rings is 1. The number of carbonyl (C=O) groups is 2. The van der Waals surface area contributed by atoms with Crippen LogP contribution in [0.4, 0.5) is 0 Å². The van der Waals surface area contributed by atoms with Crippen LogP contribution in [0.2, 0.25) is 0 Å². The molecule has 0 unspecified atom stereocenters. The summed E-state index contributed by atoms with van der Waals surface area (Å²) in [7, 11) is 3.99. The van der Waals surface area contributed by atoms with Crippen LogP contribution in [0, 0.1) is 0 Å². The van der Waals surface area contributed by atoms with Gasteiger partial charge in [0.15, 0.2) is 0 Å². The monoisotopic (exact) mass is 292 g/mol. The summed E-state index contributed by atoms with van der Waals surface area (Å²) in [4.78, 5) is 31.1. The van der Waals surface area contributed by atoms with Crippen LogP contribution in [0.5, 0.6) is 0 Å². The van der Waals surface area contributed by atoms with Crippen LogP contribution in [-0.4, -0.2) is 60.3 Å². The van der Waals surface area contributed by atoms with Gasteiger partial charge in [0.05, 0.1) is 6.54 Å². The molecule has 0 saturated carbocycles. The van der Waals surface area contributed by atoms with Crippen molar-refractivity contribution < 1.29 is 9.59 Å². The minimum Gasteiger partial charge on any atom is -0.355 e. The molecule has 0 aliphatic heterocycles. The number of amides is 2. The summed E-state index contributed by atoms with van der Waals surface area (Å²) in [5, 5.41) is 2.83. The average molecular weight is 292 g/mol. The predicted molar refractivity (Wildman–Crippen MR) is 81.5 cm³/mol. The van der Waals surface area contributed by atoms with Crippen LogP contribution in [0.1, 0.15) is 18.9 Å². The lowest BCUT2D eigenvalue weighted by Gasteiger charge is -2.20. The highest BCUT2D eigenvalue weighted by Crippen LogP contribution is 2.02. The lowest BCUT2D eigenvalue weighted by Crippen LogP contribution is -2.40. The summed E-state index contributed by atoms with van der Waals surface area (Å²) in [6.07, 6.45) is 4.27. The highest BCUT2D eigenvalue weighted by Gasteiger charge is 2.13. The first kappa shape index (κ1) is 17.1. The van der Waals surface area contributed by atoms with Gasteiger partial charge in [0.2, 0.25) is 11.8 Å². The van der Waals surface area contributed by atoms with Crippen molar-refractivity contribution in [2.24, 2.45) is 0 Å². The van der Waals surface area contributed by atoms with E-state index in [-0.39, 0.29) is 18.4 Å².